The van der Waals surface area contributed by atoms with Crippen molar-refractivity contribution in [1.29, 1.82) is 0 Å². The number of H-pyrrole nitrogens is 1. The number of aromatic nitrogens is 1. The molecule has 3 nitrogen and oxygen atoms in total. The smallest absolute Gasteiger partial charge is 0.139 e. The number of hydrogen-bond acceptors (Lipinski definition) is 2. The number of phenols is 1. The molecule has 0 saturated carbocycles. The van der Waals surface area contributed by atoms with Crippen molar-refractivity contribution in [3.8, 4) is 5.75 Å². The van der Waals surface area contributed by atoms with Gasteiger partial charge < -0.3 is 15.8 Å². The van der Waals surface area contributed by atoms with E-state index in [1.165, 1.54) is 0 Å². The lowest BCUT2D eigenvalue weighted by Crippen LogP contribution is -1.84. The molecule has 0 aliphatic rings. The second-order valence-corrected chi connectivity index (χ2v) is 3.33. The first-order valence-corrected chi connectivity index (χ1v) is 4.17. The average molecular weight is 338 g/mol. The van der Waals surface area contributed by atoms with Gasteiger partial charge in [-0.25, -0.2) is 0 Å². The Hall–Kier alpha value is -0.680. The number of nitrogen functional groups attached to an aromatic ring is 1. The first-order chi connectivity index (χ1) is 6.09. The Morgan fingerprint density at radius 1 is 1.20 bits per heavy atom. The van der Waals surface area contributed by atoms with E-state index in [0.717, 1.165) is 22.2 Å². The number of nitrogens with one attached hydrogen (secondary N) is 1. The number of aromatic amines is 1. The number of fused-ring (bicyclic) bond motifs is 1. The highest BCUT2D eigenvalue weighted by molar-refractivity contribution is 8.93. The summed E-state index contributed by atoms with van der Waals surface area (Å²) in [4.78, 5) is 3.20. The van der Waals surface area contributed by atoms with Crippen molar-refractivity contribution in [3.05, 3.63) is 23.4 Å². The lowest BCUT2D eigenvalue weighted by Gasteiger charge is -1.98. The predicted molar refractivity (Wildman–Crippen MR) is 74.5 cm³/mol. The molecule has 84 valence electrons. The van der Waals surface area contributed by atoms with Crippen LogP contribution in [0.4, 0.5) is 5.69 Å². The van der Waals surface area contributed by atoms with Crippen LogP contribution in [0, 0.1) is 13.8 Å². The third-order valence-corrected chi connectivity index (χ3v) is 2.46. The van der Waals surface area contributed by atoms with Gasteiger partial charge in [-0.3, -0.25) is 0 Å². The molecule has 0 unspecified atom stereocenters. The van der Waals surface area contributed by atoms with Crippen LogP contribution >= 0.6 is 34.0 Å². The Balaban J connectivity index is 0.000000980. The molecular formula is C10H14Br2N2O. The average Bonchev–Trinajstić information content (AvgIpc) is 2.32. The summed E-state index contributed by atoms with van der Waals surface area (Å²) in [5, 5.41) is 10.4. The summed E-state index contributed by atoms with van der Waals surface area (Å²) in [6.07, 6.45) is 0. The summed E-state index contributed by atoms with van der Waals surface area (Å²) in [7, 11) is 0. The Kier molecular flexibility index (Phi) is 4.67. The quantitative estimate of drug-likeness (QED) is 0.510. The van der Waals surface area contributed by atoms with E-state index < -0.39 is 0 Å². The van der Waals surface area contributed by atoms with Crippen LogP contribution in [0.1, 0.15) is 11.3 Å². The van der Waals surface area contributed by atoms with Crippen molar-refractivity contribution in [2.24, 2.45) is 0 Å². The number of anilines is 1. The molecule has 0 aliphatic carbocycles. The molecule has 0 bridgehead atoms. The Labute approximate surface area is 109 Å². The normalized spacial score (nSPS) is 9.47. The number of rotatable bonds is 0. The predicted octanol–water partition coefficient (Wildman–Crippen LogP) is 3.23. The number of benzene rings is 1. The maximum atomic E-state index is 9.41. The zero-order valence-corrected chi connectivity index (χ0v) is 11.9. The van der Waals surface area contributed by atoms with Crippen LogP contribution in [-0.2, 0) is 0 Å². The summed E-state index contributed by atoms with van der Waals surface area (Å²) < 4.78 is 0. The molecular weight excluding hydrogens is 324 g/mol. The molecule has 0 atom stereocenters. The van der Waals surface area contributed by atoms with Gasteiger partial charge in [0.2, 0.25) is 0 Å². The van der Waals surface area contributed by atoms with Crippen LogP contribution in [-0.4, -0.2) is 10.1 Å². The van der Waals surface area contributed by atoms with Gasteiger partial charge in [0, 0.05) is 16.6 Å². The van der Waals surface area contributed by atoms with Gasteiger partial charge in [-0.2, -0.15) is 0 Å². The second-order valence-electron chi connectivity index (χ2n) is 3.33. The summed E-state index contributed by atoms with van der Waals surface area (Å²) >= 11 is 0. The molecule has 0 fully saturated rings. The minimum atomic E-state index is 0. The second kappa shape index (κ2) is 4.90. The van der Waals surface area contributed by atoms with Crippen LogP contribution in [0.5, 0.6) is 5.75 Å². The molecule has 5 heteroatoms. The van der Waals surface area contributed by atoms with E-state index in [2.05, 4.69) is 4.98 Å². The van der Waals surface area contributed by atoms with Gasteiger partial charge in [0.1, 0.15) is 5.75 Å². The number of nitrogens with two attached hydrogens (primary N) is 1. The fourth-order valence-corrected chi connectivity index (χ4v) is 1.52. The highest BCUT2D eigenvalue weighted by atomic mass is 79.9. The van der Waals surface area contributed by atoms with Gasteiger partial charge in [0.15, 0.2) is 0 Å². The molecule has 0 aliphatic heterocycles. The number of aromatic hydroxyl groups is 1. The molecule has 15 heavy (non-hydrogen) atoms. The Morgan fingerprint density at radius 2 is 1.80 bits per heavy atom. The number of hydrogen-bond donors (Lipinski definition) is 3. The third kappa shape index (κ3) is 2.29. The van der Waals surface area contributed by atoms with Gasteiger partial charge >= 0.3 is 0 Å². The molecule has 1 aromatic carbocycles. The topological polar surface area (TPSA) is 62.0 Å². The molecule has 2 rings (SSSR count). The van der Waals surface area contributed by atoms with Gasteiger partial charge in [-0.1, -0.05) is 0 Å². The number of phenolic OH excluding ortho intramolecular Hbond substituents is 1. The molecule has 0 radical (unpaired) electrons. The summed E-state index contributed by atoms with van der Waals surface area (Å²) in [6, 6.07) is 3.45. The van der Waals surface area contributed by atoms with Crippen LogP contribution in [0.15, 0.2) is 12.1 Å². The zero-order chi connectivity index (χ0) is 9.59. The van der Waals surface area contributed by atoms with Gasteiger partial charge in [-0.15, -0.1) is 34.0 Å². The standard InChI is InChI=1S/C10H12N2O.2BrH/c1-5-6(2)12-9-4-8(11)10(13)3-7(5)9;;/h3-4,12-13H,11H2,1-2H3;2*1H. The van der Waals surface area contributed by atoms with Crippen molar-refractivity contribution in [2.75, 3.05) is 5.73 Å². The zero-order valence-electron chi connectivity index (χ0n) is 8.50. The molecule has 4 N–H and O–H groups in total. The van der Waals surface area contributed by atoms with Crippen LogP contribution in [0.3, 0.4) is 0 Å². The van der Waals surface area contributed by atoms with Crippen molar-refractivity contribution in [2.45, 2.75) is 13.8 Å². The SMILES string of the molecule is Br.Br.Cc1[nH]c2cc(N)c(O)cc2c1C. The maximum Gasteiger partial charge on any atom is 0.139 e. The van der Waals surface area contributed by atoms with E-state index in [9.17, 15) is 5.11 Å². The van der Waals surface area contributed by atoms with E-state index in [1.807, 2.05) is 13.8 Å². The molecule has 0 spiro atoms. The minimum absolute atomic E-state index is 0. The first kappa shape index (κ1) is 14.3. The Bertz CT molecular complexity index is 480. The Morgan fingerprint density at radius 3 is 2.40 bits per heavy atom. The highest BCUT2D eigenvalue weighted by Crippen LogP contribution is 2.29. The largest absolute Gasteiger partial charge is 0.506 e. The lowest BCUT2D eigenvalue weighted by molar-refractivity contribution is 0.479. The van der Waals surface area contributed by atoms with E-state index in [1.54, 1.807) is 12.1 Å². The summed E-state index contributed by atoms with van der Waals surface area (Å²) in [5.74, 6) is 0.148. The van der Waals surface area contributed by atoms with Gasteiger partial charge in [-0.05, 0) is 31.5 Å². The third-order valence-electron chi connectivity index (χ3n) is 2.46. The van der Waals surface area contributed by atoms with Gasteiger partial charge in [0.25, 0.3) is 0 Å². The minimum Gasteiger partial charge on any atom is -0.506 e. The summed E-state index contributed by atoms with van der Waals surface area (Å²) in [5.41, 5.74) is 9.23. The monoisotopic (exact) mass is 336 g/mol. The highest BCUT2D eigenvalue weighted by Gasteiger charge is 2.06. The van der Waals surface area contributed by atoms with Crippen LogP contribution < -0.4 is 5.73 Å². The summed E-state index contributed by atoms with van der Waals surface area (Å²) in [6.45, 7) is 4.02. The van der Waals surface area contributed by atoms with Crippen LogP contribution in [0.25, 0.3) is 10.9 Å². The van der Waals surface area contributed by atoms with E-state index in [0.29, 0.717) is 5.69 Å². The molecule has 0 amide bonds. The van der Waals surface area contributed by atoms with Crippen molar-refractivity contribution in [3.63, 3.8) is 0 Å². The van der Waals surface area contributed by atoms with E-state index in [4.69, 9.17) is 5.73 Å². The fourth-order valence-electron chi connectivity index (χ4n) is 1.52. The molecule has 1 heterocycles. The number of halogens is 2. The van der Waals surface area contributed by atoms with Crippen molar-refractivity contribution < 1.29 is 5.11 Å². The first-order valence-electron chi connectivity index (χ1n) is 4.17. The maximum absolute atomic E-state index is 9.41. The van der Waals surface area contributed by atoms with Crippen LogP contribution in [0.2, 0.25) is 0 Å². The number of aryl methyl sites for hydroxylation is 2. The molecule has 0 saturated heterocycles. The van der Waals surface area contributed by atoms with Crippen molar-refractivity contribution >= 4 is 50.6 Å². The molecule has 2 aromatic rings. The van der Waals surface area contributed by atoms with Gasteiger partial charge in [0.05, 0.1) is 5.69 Å². The lowest BCUT2D eigenvalue weighted by atomic mass is 10.1. The van der Waals surface area contributed by atoms with E-state index in [-0.39, 0.29) is 39.7 Å². The fraction of sp³-hybridized carbons (Fsp3) is 0.200. The van der Waals surface area contributed by atoms with E-state index >= 15 is 0 Å². The molecule has 1 aromatic heterocycles. The van der Waals surface area contributed by atoms with Crippen molar-refractivity contribution in [1.82, 2.24) is 4.98 Å².